The Morgan fingerprint density at radius 3 is 2.64 bits per heavy atom. The molecule has 33 heavy (non-hydrogen) atoms. The minimum atomic E-state index is -1.39. The summed E-state index contributed by atoms with van der Waals surface area (Å²) in [4.78, 5) is 32.9. The minimum Gasteiger partial charge on any atom is -0.335 e. The normalized spacial score (nSPS) is 15.2. The number of alkyl halides is 1. The molecule has 172 valence electrons. The van der Waals surface area contributed by atoms with Crippen LogP contribution >= 0.6 is 27.3 Å². The number of fused-ring (bicyclic) bond motifs is 1. The third-order valence-electron chi connectivity index (χ3n) is 5.14. The van der Waals surface area contributed by atoms with Gasteiger partial charge in [-0.1, -0.05) is 17.9 Å². The monoisotopic (exact) mass is 533 g/mol. The largest absolute Gasteiger partial charge is 0.335 e. The molecule has 0 spiro atoms. The summed E-state index contributed by atoms with van der Waals surface area (Å²) in [7, 11) is 0. The highest BCUT2D eigenvalue weighted by Gasteiger charge is 2.41. The van der Waals surface area contributed by atoms with E-state index in [1.54, 1.807) is 12.1 Å². The van der Waals surface area contributed by atoms with Crippen LogP contribution in [0, 0.1) is 23.1 Å². The number of nitrogens with zero attached hydrogens (tertiary/aromatic N) is 3. The molecule has 1 amide bonds. The van der Waals surface area contributed by atoms with E-state index in [0.29, 0.717) is 26.2 Å². The highest BCUT2D eigenvalue weighted by Crippen LogP contribution is 2.37. The number of carbonyl (C=O) groups excluding carboxylic acids is 1. The summed E-state index contributed by atoms with van der Waals surface area (Å²) in [5.41, 5.74) is -0.870. The molecule has 1 aliphatic rings. The average Bonchev–Trinajstić information content (AvgIpc) is 3.07. The zero-order chi connectivity index (χ0) is 24.1. The van der Waals surface area contributed by atoms with Crippen molar-refractivity contribution in [1.29, 1.82) is 0 Å². The number of rotatable bonds is 3. The van der Waals surface area contributed by atoms with Gasteiger partial charge < -0.3 is 4.90 Å². The van der Waals surface area contributed by atoms with Crippen LogP contribution in [0.4, 0.5) is 8.78 Å². The average molecular weight is 534 g/mol. The van der Waals surface area contributed by atoms with Gasteiger partial charge >= 0.3 is 0 Å². The van der Waals surface area contributed by atoms with Crippen molar-refractivity contribution in [3.63, 3.8) is 0 Å². The van der Waals surface area contributed by atoms with Crippen LogP contribution in [0.3, 0.4) is 0 Å². The van der Waals surface area contributed by atoms with Crippen LogP contribution in [-0.4, -0.2) is 39.1 Å². The molecule has 0 bridgehead atoms. The zero-order valence-corrected chi connectivity index (χ0v) is 21.0. The highest BCUT2D eigenvalue weighted by atomic mass is 79.9. The Hall–Kier alpha value is -2.57. The predicted molar refractivity (Wildman–Crippen MR) is 129 cm³/mol. The summed E-state index contributed by atoms with van der Waals surface area (Å²) in [6.45, 7) is 7.17. The SMILES string of the molecule is CC(C)(C)C#Cc1sc2ncn(CC(=O)N3CC(C)(F)C3)c(=O)c2c1-c1ccc(F)c(Br)c1. The number of thiophene rings is 1. The van der Waals surface area contributed by atoms with Crippen molar-refractivity contribution < 1.29 is 13.6 Å². The molecule has 0 atom stereocenters. The Balaban J connectivity index is 1.85. The first-order chi connectivity index (χ1) is 15.3. The molecular formula is C24H22BrF2N3O2S. The molecule has 0 saturated carbocycles. The maximum Gasteiger partial charge on any atom is 0.263 e. The number of aromatic nitrogens is 2. The first-order valence-electron chi connectivity index (χ1n) is 10.3. The van der Waals surface area contributed by atoms with Crippen LogP contribution in [0.15, 0.2) is 33.8 Å². The summed E-state index contributed by atoms with van der Waals surface area (Å²) in [6.07, 6.45) is 1.33. The van der Waals surface area contributed by atoms with Crippen molar-refractivity contribution >= 4 is 43.4 Å². The summed E-state index contributed by atoms with van der Waals surface area (Å²) in [5.74, 6) is 5.58. The van der Waals surface area contributed by atoms with Gasteiger partial charge in [-0.2, -0.15) is 0 Å². The second kappa shape index (κ2) is 8.33. The molecule has 0 radical (unpaired) electrons. The summed E-state index contributed by atoms with van der Waals surface area (Å²) in [5, 5.41) is 0.325. The van der Waals surface area contributed by atoms with Crippen molar-refractivity contribution in [2.24, 2.45) is 5.41 Å². The van der Waals surface area contributed by atoms with E-state index in [1.807, 2.05) is 20.8 Å². The molecule has 2 aromatic heterocycles. The fraction of sp³-hybridized carbons (Fsp3) is 0.375. The van der Waals surface area contributed by atoms with Gasteiger partial charge in [-0.05, 0) is 61.3 Å². The Kier molecular flexibility index (Phi) is 5.95. The molecule has 9 heteroatoms. The lowest BCUT2D eigenvalue weighted by Gasteiger charge is -2.42. The van der Waals surface area contributed by atoms with Crippen molar-refractivity contribution in [2.45, 2.75) is 39.9 Å². The smallest absolute Gasteiger partial charge is 0.263 e. The first-order valence-corrected chi connectivity index (χ1v) is 11.9. The van der Waals surface area contributed by atoms with Gasteiger partial charge in [0.05, 0.1) is 34.2 Å². The Morgan fingerprint density at radius 1 is 1.33 bits per heavy atom. The molecule has 0 unspecified atom stereocenters. The van der Waals surface area contributed by atoms with Crippen LogP contribution in [0.1, 0.15) is 32.6 Å². The van der Waals surface area contributed by atoms with E-state index >= 15 is 0 Å². The lowest BCUT2D eigenvalue weighted by atomic mass is 9.97. The number of benzene rings is 1. The van der Waals surface area contributed by atoms with Gasteiger partial charge in [0.2, 0.25) is 5.91 Å². The van der Waals surface area contributed by atoms with E-state index < -0.39 is 17.0 Å². The van der Waals surface area contributed by atoms with E-state index in [2.05, 4.69) is 32.8 Å². The third kappa shape index (κ3) is 4.87. The second-order valence-electron chi connectivity index (χ2n) is 9.46. The molecule has 0 aliphatic carbocycles. The molecule has 1 fully saturated rings. The quantitative estimate of drug-likeness (QED) is 0.445. The van der Waals surface area contributed by atoms with Crippen LogP contribution in [0.25, 0.3) is 21.3 Å². The van der Waals surface area contributed by atoms with Crippen LogP contribution < -0.4 is 5.56 Å². The second-order valence-corrected chi connectivity index (χ2v) is 11.3. The molecule has 3 heterocycles. The van der Waals surface area contributed by atoms with Gasteiger partial charge in [0, 0.05) is 11.0 Å². The molecule has 5 nitrogen and oxygen atoms in total. The number of halogens is 3. The number of hydrogen-bond acceptors (Lipinski definition) is 4. The highest BCUT2D eigenvalue weighted by molar-refractivity contribution is 9.10. The van der Waals surface area contributed by atoms with Gasteiger partial charge in [-0.3, -0.25) is 14.2 Å². The molecule has 1 aliphatic heterocycles. The number of amides is 1. The maximum atomic E-state index is 13.9. The van der Waals surface area contributed by atoms with E-state index in [-0.39, 0.29) is 35.4 Å². The predicted octanol–water partition coefficient (Wildman–Crippen LogP) is 4.99. The van der Waals surface area contributed by atoms with Crippen molar-refractivity contribution in [3.8, 4) is 23.0 Å². The standard InChI is InChI=1S/C24H22BrF2N3O2S/c1-23(2,3)8-7-17-19(14-5-6-16(26)15(25)9-14)20-21(33-17)28-13-29(22(20)32)10-18(31)30-11-24(4,27)12-30/h5-6,9,13H,10-12H2,1-4H3. The lowest BCUT2D eigenvalue weighted by molar-refractivity contribution is -0.144. The van der Waals surface area contributed by atoms with Gasteiger partial charge in [-0.15, -0.1) is 11.3 Å². The van der Waals surface area contributed by atoms with Crippen molar-refractivity contribution in [3.05, 3.63) is 50.0 Å². The van der Waals surface area contributed by atoms with Gasteiger partial charge in [0.15, 0.2) is 0 Å². The fourth-order valence-electron chi connectivity index (χ4n) is 3.57. The van der Waals surface area contributed by atoms with E-state index in [4.69, 9.17) is 0 Å². The van der Waals surface area contributed by atoms with Crippen LogP contribution in [-0.2, 0) is 11.3 Å². The Labute approximate surface area is 202 Å². The summed E-state index contributed by atoms with van der Waals surface area (Å²) >= 11 is 4.49. The molecule has 1 aromatic carbocycles. The van der Waals surface area contributed by atoms with Crippen LogP contribution in [0.2, 0.25) is 0 Å². The topological polar surface area (TPSA) is 55.2 Å². The third-order valence-corrected chi connectivity index (χ3v) is 6.76. The Bertz CT molecular complexity index is 1380. The van der Waals surface area contributed by atoms with Crippen LogP contribution in [0.5, 0.6) is 0 Å². The molecule has 3 aromatic rings. The first kappa shape index (κ1) is 23.6. The molecule has 1 saturated heterocycles. The molecule has 0 N–H and O–H groups in total. The molecular weight excluding hydrogens is 512 g/mol. The lowest BCUT2D eigenvalue weighted by Crippen LogP contribution is -2.60. The Morgan fingerprint density at radius 2 is 2.03 bits per heavy atom. The maximum absolute atomic E-state index is 13.9. The number of likely N-dealkylation sites (tertiary alicyclic amines) is 1. The van der Waals surface area contributed by atoms with Gasteiger partial charge in [0.25, 0.3) is 5.56 Å². The van der Waals surface area contributed by atoms with Crippen molar-refractivity contribution in [1.82, 2.24) is 14.5 Å². The fourth-order valence-corrected chi connectivity index (χ4v) is 4.96. The number of hydrogen-bond donors (Lipinski definition) is 0. The van der Waals surface area contributed by atoms with Gasteiger partial charge in [0.1, 0.15) is 22.9 Å². The number of carbonyl (C=O) groups is 1. The van der Waals surface area contributed by atoms with Gasteiger partial charge in [-0.25, -0.2) is 13.8 Å². The minimum absolute atomic E-state index is 0.0100. The zero-order valence-electron chi connectivity index (χ0n) is 18.6. The van der Waals surface area contributed by atoms with Crippen molar-refractivity contribution in [2.75, 3.05) is 13.1 Å². The summed E-state index contributed by atoms with van der Waals surface area (Å²) in [6, 6.07) is 4.51. The van der Waals surface area contributed by atoms with E-state index in [1.165, 1.54) is 40.1 Å². The van der Waals surface area contributed by atoms with E-state index in [0.717, 1.165) is 0 Å². The molecule has 4 rings (SSSR count). The summed E-state index contributed by atoms with van der Waals surface area (Å²) < 4.78 is 29.2. The van der Waals surface area contributed by atoms with E-state index in [9.17, 15) is 18.4 Å².